The third kappa shape index (κ3) is 6.86. The van der Waals surface area contributed by atoms with Gasteiger partial charge in [0.25, 0.3) is 0 Å². The van der Waals surface area contributed by atoms with Crippen LogP contribution in [-0.2, 0) is 0 Å². The minimum absolute atomic E-state index is 0.699. The molecule has 13 rings (SSSR count). The highest BCUT2D eigenvalue weighted by atomic mass is 15.0. The van der Waals surface area contributed by atoms with Crippen LogP contribution in [0.3, 0.4) is 0 Å². The summed E-state index contributed by atoms with van der Waals surface area (Å²) in [6.45, 7) is 0. The number of para-hydroxylation sites is 3. The molecule has 3 aromatic heterocycles. The van der Waals surface area contributed by atoms with Crippen molar-refractivity contribution in [2.45, 2.75) is 0 Å². The predicted molar refractivity (Wildman–Crippen MR) is 283 cm³/mol. The summed E-state index contributed by atoms with van der Waals surface area (Å²) in [6.07, 6.45) is 0. The van der Waals surface area contributed by atoms with Gasteiger partial charge in [-0.3, -0.25) is 0 Å². The number of fused-ring (bicyclic) bond motifs is 6. The third-order valence-corrected chi connectivity index (χ3v) is 13.3. The molecule has 4 nitrogen and oxygen atoms in total. The van der Waals surface area contributed by atoms with Crippen molar-refractivity contribution in [3.05, 3.63) is 255 Å². The van der Waals surface area contributed by atoms with Crippen molar-refractivity contribution >= 4 is 43.6 Å². The molecule has 4 heteroatoms. The van der Waals surface area contributed by atoms with Crippen LogP contribution in [0.4, 0.5) is 0 Å². The molecule has 0 atom stereocenters. The van der Waals surface area contributed by atoms with Crippen LogP contribution in [-0.4, -0.2) is 19.1 Å². The first-order valence-electron chi connectivity index (χ1n) is 23.1. The highest BCUT2D eigenvalue weighted by Crippen LogP contribution is 2.39. The summed E-state index contributed by atoms with van der Waals surface area (Å²) >= 11 is 0. The van der Waals surface area contributed by atoms with E-state index >= 15 is 0 Å². The Kier molecular flexibility index (Phi) is 9.47. The van der Waals surface area contributed by atoms with E-state index < -0.39 is 0 Å². The van der Waals surface area contributed by atoms with Crippen molar-refractivity contribution in [1.29, 1.82) is 0 Å². The molecular formula is C64H42N4. The molecule has 10 aromatic carbocycles. The smallest absolute Gasteiger partial charge is 0.160 e. The second-order valence-corrected chi connectivity index (χ2v) is 17.4. The van der Waals surface area contributed by atoms with Crippen LogP contribution in [0.2, 0.25) is 0 Å². The Labute approximate surface area is 394 Å². The third-order valence-electron chi connectivity index (χ3n) is 13.3. The molecule has 0 aliphatic heterocycles. The van der Waals surface area contributed by atoms with E-state index in [2.05, 4.69) is 252 Å². The Bertz CT molecular complexity index is 3940. The number of hydrogen-bond donors (Lipinski definition) is 0. The standard InChI is InChI=1S/C64H42N4/c1-4-16-44(17-5-1)58-42-59(45-18-6-2-7-19-45)66-64(65-58)51-23-15-22-48(39-51)47-21-14-20-46(38-47)43-30-34-53(35-31-43)68-61-29-13-11-27-55(61)57-41-50(33-37-63(57)68)49-32-36-62-56(40-49)54-26-10-12-28-60(54)67(62)52-24-8-3-9-25-52/h1-42H. The van der Waals surface area contributed by atoms with Crippen LogP contribution in [0, 0.1) is 0 Å². The van der Waals surface area contributed by atoms with Crippen molar-refractivity contribution in [1.82, 2.24) is 19.1 Å². The van der Waals surface area contributed by atoms with E-state index in [9.17, 15) is 0 Å². The highest BCUT2D eigenvalue weighted by Gasteiger charge is 2.17. The summed E-state index contributed by atoms with van der Waals surface area (Å²) in [5.74, 6) is 0.699. The first-order valence-corrected chi connectivity index (χ1v) is 23.1. The average molecular weight is 867 g/mol. The van der Waals surface area contributed by atoms with Crippen LogP contribution < -0.4 is 0 Å². The van der Waals surface area contributed by atoms with E-state index in [1.165, 1.54) is 60.4 Å². The predicted octanol–water partition coefficient (Wildman–Crippen LogP) is 16.7. The van der Waals surface area contributed by atoms with Crippen molar-refractivity contribution < 1.29 is 0 Å². The molecule has 3 heterocycles. The minimum atomic E-state index is 0.699. The lowest BCUT2D eigenvalue weighted by Crippen LogP contribution is -1.96. The lowest BCUT2D eigenvalue weighted by molar-refractivity contribution is 1.18. The van der Waals surface area contributed by atoms with E-state index in [1.54, 1.807) is 0 Å². The Hall–Kier alpha value is -9.12. The number of aromatic nitrogens is 4. The first-order chi connectivity index (χ1) is 33.7. The van der Waals surface area contributed by atoms with Gasteiger partial charge >= 0.3 is 0 Å². The second kappa shape index (κ2) is 16.4. The van der Waals surface area contributed by atoms with E-state index in [-0.39, 0.29) is 0 Å². The summed E-state index contributed by atoms with van der Waals surface area (Å²) in [5, 5.41) is 4.97. The van der Waals surface area contributed by atoms with Gasteiger partial charge in [-0.05, 0) is 112 Å². The van der Waals surface area contributed by atoms with Gasteiger partial charge in [0, 0.05) is 49.6 Å². The number of nitrogens with zero attached hydrogens (tertiary/aromatic N) is 4. The number of rotatable bonds is 8. The molecule has 0 radical (unpaired) electrons. The lowest BCUT2D eigenvalue weighted by Gasteiger charge is -2.12. The van der Waals surface area contributed by atoms with Crippen LogP contribution in [0.1, 0.15) is 0 Å². The average Bonchev–Trinajstić information content (AvgIpc) is 3.94. The first kappa shape index (κ1) is 39.3. The molecular weight excluding hydrogens is 825 g/mol. The summed E-state index contributed by atoms with van der Waals surface area (Å²) in [5.41, 5.74) is 18.9. The normalized spacial score (nSPS) is 11.5. The lowest BCUT2D eigenvalue weighted by atomic mass is 9.97. The van der Waals surface area contributed by atoms with Crippen LogP contribution >= 0.6 is 0 Å². The van der Waals surface area contributed by atoms with Gasteiger partial charge in [-0.15, -0.1) is 0 Å². The SMILES string of the molecule is c1ccc(-c2cc(-c3ccccc3)nc(-c3cccc(-c4cccc(-c5ccc(-n6c7ccccc7c7cc(-c8ccc9c(c8)c8ccccc8n9-c8ccccc8)ccc76)cc5)c4)c3)n2)cc1. The minimum Gasteiger partial charge on any atom is -0.309 e. The Morgan fingerprint density at radius 3 is 1.12 bits per heavy atom. The number of benzene rings is 10. The van der Waals surface area contributed by atoms with Crippen molar-refractivity contribution in [3.63, 3.8) is 0 Å². The largest absolute Gasteiger partial charge is 0.309 e. The molecule has 0 bridgehead atoms. The summed E-state index contributed by atoms with van der Waals surface area (Å²) < 4.78 is 4.77. The second-order valence-electron chi connectivity index (χ2n) is 17.4. The quantitative estimate of drug-likeness (QED) is 0.153. The Morgan fingerprint density at radius 1 is 0.221 bits per heavy atom. The fourth-order valence-electron chi connectivity index (χ4n) is 10.0. The molecule has 68 heavy (non-hydrogen) atoms. The van der Waals surface area contributed by atoms with Crippen molar-refractivity contribution in [2.24, 2.45) is 0 Å². The topological polar surface area (TPSA) is 35.6 Å². The van der Waals surface area contributed by atoms with Gasteiger partial charge in [0.1, 0.15) is 0 Å². The molecule has 0 N–H and O–H groups in total. The number of hydrogen-bond acceptors (Lipinski definition) is 2. The van der Waals surface area contributed by atoms with E-state index in [0.717, 1.165) is 56.0 Å². The van der Waals surface area contributed by atoms with Gasteiger partial charge in [0.05, 0.1) is 33.5 Å². The molecule has 0 aliphatic carbocycles. The van der Waals surface area contributed by atoms with Crippen molar-refractivity contribution in [3.8, 4) is 78.7 Å². The highest BCUT2D eigenvalue weighted by molar-refractivity contribution is 6.12. The molecule has 0 saturated carbocycles. The molecule has 0 spiro atoms. The maximum absolute atomic E-state index is 5.10. The molecule has 13 aromatic rings. The maximum atomic E-state index is 5.10. The van der Waals surface area contributed by atoms with Crippen molar-refractivity contribution in [2.75, 3.05) is 0 Å². The fraction of sp³-hybridized carbons (Fsp3) is 0. The molecule has 0 amide bonds. The molecule has 0 unspecified atom stereocenters. The summed E-state index contributed by atoms with van der Waals surface area (Å²) in [6, 6.07) is 91.1. The maximum Gasteiger partial charge on any atom is 0.160 e. The zero-order valence-electron chi connectivity index (χ0n) is 37.0. The zero-order chi connectivity index (χ0) is 45.0. The van der Waals surface area contributed by atoms with Gasteiger partial charge in [-0.25, -0.2) is 9.97 Å². The van der Waals surface area contributed by atoms with Gasteiger partial charge in [0.15, 0.2) is 5.82 Å². The molecule has 0 aliphatic rings. The molecule has 318 valence electrons. The molecule has 0 saturated heterocycles. The Balaban J connectivity index is 0.831. The summed E-state index contributed by atoms with van der Waals surface area (Å²) in [4.78, 5) is 10.2. The van der Waals surface area contributed by atoms with Gasteiger partial charge in [-0.1, -0.05) is 176 Å². The summed E-state index contributed by atoms with van der Waals surface area (Å²) in [7, 11) is 0. The van der Waals surface area contributed by atoms with Gasteiger partial charge in [-0.2, -0.15) is 0 Å². The van der Waals surface area contributed by atoms with E-state index in [4.69, 9.17) is 9.97 Å². The van der Waals surface area contributed by atoms with E-state index in [1.807, 2.05) is 12.1 Å². The Morgan fingerprint density at radius 2 is 0.588 bits per heavy atom. The zero-order valence-corrected chi connectivity index (χ0v) is 37.0. The monoisotopic (exact) mass is 866 g/mol. The van der Waals surface area contributed by atoms with Gasteiger partial charge in [0.2, 0.25) is 0 Å². The molecule has 0 fully saturated rings. The van der Waals surface area contributed by atoms with Crippen LogP contribution in [0.15, 0.2) is 255 Å². The van der Waals surface area contributed by atoms with Crippen LogP contribution in [0.25, 0.3) is 122 Å². The van der Waals surface area contributed by atoms with E-state index in [0.29, 0.717) is 5.82 Å². The fourth-order valence-corrected chi connectivity index (χ4v) is 10.0. The van der Waals surface area contributed by atoms with Gasteiger partial charge < -0.3 is 9.13 Å². The van der Waals surface area contributed by atoms with Crippen LogP contribution in [0.5, 0.6) is 0 Å².